The van der Waals surface area contributed by atoms with E-state index in [0.29, 0.717) is 23.9 Å². The van der Waals surface area contributed by atoms with Gasteiger partial charge < -0.3 is 19.9 Å². The van der Waals surface area contributed by atoms with Gasteiger partial charge in [0.05, 0.1) is 12.1 Å². The van der Waals surface area contributed by atoms with Crippen LogP contribution in [0.4, 0.5) is 11.5 Å². The average molecular weight is 323 g/mol. The molecule has 0 spiro atoms. The standard InChI is InChI=1S/C18H17N3O3/c1-11-3-2-4-12(5-11)21-18-14-6-17-16(7-15(14)19-10-20-18)23-9-13(8-22)24-17/h2-7,10,13,22H,8-9H2,1H3,(H,19,20,21). The summed E-state index contributed by atoms with van der Waals surface area (Å²) in [6.45, 7) is 2.28. The monoisotopic (exact) mass is 323 g/mol. The van der Waals surface area contributed by atoms with E-state index in [9.17, 15) is 5.11 Å². The lowest BCUT2D eigenvalue weighted by atomic mass is 10.1. The minimum Gasteiger partial charge on any atom is -0.486 e. The van der Waals surface area contributed by atoms with Crippen LogP contribution in [0.3, 0.4) is 0 Å². The number of nitrogens with one attached hydrogen (secondary N) is 1. The van der Waals surface area contributed by atoms with E-state index in [0.717, 1.165) is 16.6 Å². The van der Waals surface area contributed by atoms with Gasteiger partial charge in [0.1, 0.15) is 18.8 Å². The summed E-state index contributed by atoms with van der Waals surface area (Å²) in [6.07, 6.45) is 1.17. The highest BCUT2D eigenvalue weighted by Gasteiger charge is 2.22. The number of aliphatic hydroxyl groups excluding tert-OH is 1. The van der Waals surface area contributed by atoms with Crippen molar-refractivity contribution in [1.82, 2.24) is 9.97 Å². The van der Waals surface area contributed by atoms with Gasteiger partial charge in [-0.15, -0.1) is 0 Å². The third-order valence-electron chi connectivity index (χ3n) is 3.90. The number of benzene rings is 2. The second-order valence-corrected chi connectivity index (χ2v) is 5.77. The molecule has 3 aromatic rings. The average Bonchev–Trinajstić information content (AvgIpc) is 2.60. The van der Waals surface area contributed by atoms with Gasteiger partial charge in [-0.3, -0.25) is 0 Å². The van der Waals surface area contributed by atoms with Crippen LogP contribution in [-0.4, -0.2) is 34.4 Å². The zero-order valence-corrected chi connectivity index (χ0v) is 13.2. The lowest BCUT2D eigenvalue weighted by Gasteiger charge is -2.25. The van der Waals surface area contributed by atoms with Crippen molar-refractivity contribution in [2.75, 3.05) is 18.5 Å². The van der Waals surface area contributed by atoms with Crippen molar-refractivity contribution in [2.45, 2.75) is 13.0 Å². The zero-order chi connectivity index (χ0) is 16.5. The van der Waals surface area contributed by atoms with Crippen molar-refractivity contribution in [3.63, 3.8) is 0 Å². The molecule has 1 atom stereocenters. The number of hydrogen-bond acceptors (Lipinski definition) is 6. The quantitative estimate of drug-likeness (QED) is 0.772. The number of aromatic nitrogens is 2. The zero-order valence-electron chi connectivity index (χ0n) is 13.2. The second kappa shape index (κ2) is 5.98. The Bertz CT molecular complexity index is 898. The van der Waals surface area contributed by atoms with Gasteiger partial charge >= 0.3 is 0 Å². The molecule has 4 rings (SSSR count). The van der Waals surface area contributed by atoms with Crippen LogP contribution in [0.15, 0.2) is 42.7 Å². The first kappa shape index (κ1) is 14.7. The predicted octanol–water partition coefficient (Wildman–Crippen LogP) is 2.81. The minimum absolute atomic E-state index is 0.0861. The van der Waals surface area contributed by atoms with Crippen molar-refractivity contribution < 1.29 is 14.6 Å². The SMILES string of the molecule is Cc1cccc(Nc2ncnc3cc4c(cc23)OC(CO)CO4)c1. The molecule has 0 saturated heterocycles. The summed E-state index contributed by atoms with van der Waals surface area (Å²) in [6, 6.07) is 11.8. The molecular weight excluding hydrogens is 306 g/mol. The van der Waals surface area contributed by atoms with Crippen molar-refractivity contribution in [3.8, 4) is 11.5 Å². The number of hydrogen-bond donors (Lipinski definition) is 2. The van der Waals surface area contributed by atoms with E-state index in [1.165, 1.54) is 11.9 Å². The van der Waals surface area contributed by atoms with E-state index in [4.69, 9.17) is 9.47 Å². The molecule has 2 N–H and O–H groups in total. The highest BCUT2D eigenvalue weighted by atomic mass is 16.6. The highest BCUT2D eigenvalue weighted by molar-refractivity contribution is 5.93. The molecule has 6 nitrogen and oxygen atoms in total. The summed E-state index contributed by atoms with van der Waals surface area (Å²) in [5.74, 6) is 1.92. The molecule has 0 aliphatic carbocycles. The fourth-order valence-corrected chi connectivity index (χ4v) is 2.71. The molecule has 24 heavy (non-hydrogen) atoms. The molecule has 1 aliphatic rings. The number of aliphatic hydroxyl groups is 1. The molecule has 122 valence electrons. The minimum atomic E-state index is -0.354. The van der Waals surface area contributed by atoms with Gasteiger partial charge in [-0.2, -0.15) is 0 Å². The molecule has 6 heteroatoms. The number of nitrogens with zero attached hydrogens (tertiary/aromatic N) is 2. The van der Waals surface area contributed by atoms with Crippen LogP contribution >= 0.6 is 0 Å². The van der Waals surface area contributed by atoms with Crippen molar-refractivity contribution in [3.05, 3.63) is 48.3 Å². The van der Waals surface area contributed by atoms with Crippen molar-refractivity contribution in [2.24, 2.45) is 0 Å². The van der Waals surface area contributed by atoms with Crippen LogP contribution < -0.4 is 14.8 Å². The molecule has 0 radical (unpaired) electrons. The molecule has 2 aromatic carbocycles. The molecule has 0 saturated carbocycles. The van der Waals surface area contributed by atoms with Crippen LogP contribution in [0.1, 0.15) is 5.56 Å². The Labute approximate surface area is 139 Å². The van der Waals surface area contributed by atoms with Crippen molar-refractivity contribution >= 4 is 22.4 Å². The molecule has 2 heterocycles. The maximum absolute atomic E-state index is 9.26. The maximum Gasteiger partial charge on any atom is 0.163 e. The summed E-state index contributed by atoms with van der Waals surface area (Å²) >= 11 is 0. The Hall–Kier alpha value is -2.86. The Morgan fingerprint density at radius 3 is 2.96 bits per heavy atom. The van der Waals surface area contributed by atoms with E-state index < -0.39 is 0 Å². The molecule has 1 aromatic heterocycles. The number of ether oxygens (including phenoxy) is 2. The first-order valence-electron chi connectivity index (χ1n) is 7.76. The highest BCUT2D eigenvalue weighted by Crippen LogP contribution is 2.37. The van der Waals surface area contributed by atoms with E-state index in [2.05, 4.69) is 15.3 Å². The van der Waals surface area contributed by atoms with E-state index in [1.54, 1.807) is 0 Å². The van der Waals surface area contributed by atoms with Gasteiger partial charge in [-0.25, -0.2) is 9.97 Å². The Kier molecular flexibility index (Phi) is 3.66. The van der Waals surface area contributed by atoms with E-state index in [1.807, 2.05) is 43.3 Å². The van der Waals surface area contributed by atoms with E-state index in [-0.39, 0.29) is 12.7 Å². The smallest absolute Gasteiger partial charge is 0.163 e. The molecule has 0 amide bonds. The van der Waals surface area contributed by atoms with Crippen LogP contribution in [0, 0.1) is 6.92 Å². The first-order chi connectivity index (χ1) is 11.7. The van der Waals surface area contributed by atoms with E-state index >= 15 is 0 Å². The Morgan fingerprint density at radius 2 is 2.12 bits per heavy atom. The topological polar surface area (TPSA) is 76.5 Å². The lowest BCUT2D eigenvalue weighted by Crippen LogP contribution is -2.32. The van der Waals surface area contributed by atoms with Gasteiger partial charge in [-0.05, 0) is 30.7 Å². The van der Waals surface area contributed by atoms with Crippen LogP contribution in [0.25, 0.3) is 10.9 Å². The number of aryl methyl sites for hydroxylation is 1. The number of anilines is 2. The van der Waals surface area contributed by atoms with Gasteiger partial charge in [0.25, 0.3) is 0 Å². The predicted molar refractivity (Wildman–Crippen MR) is 91.0 cm³/mol. The summed E-state index contributed by atoms with van der Waals surface area (Å²) in [5, 5.41) is 13.4. The third-order valence-corrected chi connectivity index (χ3v) is 3.90. The second-order valence-electron chi connectivity index (χ2n) is 5.77. The molecule has 0 fully saturated rings. The summed E-state index contributed by atoms with van der Waals surface area (Å²) in [7, 11) is 0. The Balaban J connectivity index is 1.76. The molecule has 1 unspecified atom stereocenters. The van der Waals surface area contributed by atoms with Crippen LogP contribution in [0.5, 0.6) is 11.5 Å². The molecule has 0 bridgehead atoms. The first-order valence-corrected chi connectivity index (χ1v) is 7.76. The largest absolute Gasteiger partial charge is 0.486 e. The fourth-order valence-electron chi connectivity index (χ4n) is 2.71. The lowest BCUT2D eigenvalue weighted by molar-refractivity contribution is 0.0459. The molecule has 1 aliphatic heterocycles. The van der Waals surface area contributed by atoms with Gasteiger partial charge in [-0.1, -0.05) is 12.1 Å². The van der Waals surface area contributed by atoms with Crippen molar-refractivity contribution in [1.29, 1.82) is 0 Å². The third kappa shape index (κ3) is 2.72. The Morgan fingerprint density at radius 1 is 1.21 bits per heavy atom. The fraction of sp³-hybridized carbons (Fsp3) is 0.222. The normalized spacial score (nSPS) is 16.2. The maximum atomic E-state index is 9.26. The summed E-state index contributed by atoms with van der Waals surface area (Å²) in [5.41, 5.74) is 2.89. The number of fused-ring (bicyclic) bond motifs is 2. The summed E-state index contributed by atoms with van der Waals surface area (Å²) < 4.78 is 11.4. The van der Waals surface area contributed by atoms with Gasteiger partial charge in [0.2, 0.25) is 0 Å². The molecular formula is C18H17N3O3. The van der Waals surface area contributed by atoms with Gasteiger partial charge in [0.15, 0.2) is 17.6 Å². The summed E-state index contributed by atoms with van der Waals surface area (Å²) in [4.78, 5) is 8.66. The van der Waals surface area contributed by atoms with Crippen LogP contribution in [0.2, 0.25) is 0 Å². The van der Waals surface area contributed by atoms with Gasteiger partial charge in [0, 0.05) is 17.1 Å². The number of rotatable bonds is 3. The van der Waals surface area contributed by atoms with Crippen LogP contribution in [-0.2, 0) is 0 Å².